The highest BCUT2D eigenvalue weighted by Gasteiger charge is 2.34. The molecule has 1 aromatic rings. The van der Waals surface area contributed by atoms with Crippen LogP contribution in [0.25, 0.3) is 0 Å². The van der Waals surface area contributed by atoms with Gasteiger partial charge in [0.15, 0.2) is 0 Å². The number of nitrogens with one attached hydrogen (secondary N) is 1. The van der Waals surface area contributed by atoms with Gasteiger partial charge in [-0.05, 0) is 44.0 Å². The van der Waals surface area contributed by atoms with Crippen LogP contribution < -0.4 is 11.1 Å². The molecular formula is C13H18ClN3. The largest absolute Gasteiger partial charge is 0.396 e. The Balaban J connectivity index is 1.76. The minimum atomic E-state index is 0.526. The van der Waals surface area contributed by atoms with Crippen LogP contribution in [0.2, 0.25) is 5.02 Å². The first kappa shape index (κ1) is 11.2. The lowest BCUT2D eigenvalue weighted by molar-refractivity contribution is 0.0975. The molecule has 92 valence electrons. The number of nitrogens with two attached hydrogens (primary N) is 1. The number of rotatable bonds is 2. The van der Waals surface area contributed by atoms with Gasteiger partial charge in [-0.3, -0.25) is 0 Å². The van der Waals surface area contributed by atoms with Crippen LogP contribution in [-0.2, 0) is 0 Å². The van der Waals surface area contributed by atoms with Gasteiger partial charge < -0.3 is 16.0 Å². The SMILES string of the molecule is Nc1c(Cl)cccc1NC1CN2CCC1CC2. The Morgan fingerprint density at radius 2 is 2.06 bits per heavy atom. The fourth-order valence-electron chi connectivity index (χ4n) is 2.99. The summed E-state index contributed by atoms with van der Waals surface area (Å²) in [4.78, 5) is 2.53. The highest BCUT2D eigenvalue weighted by atomic mass is 35.5. The molecule has 0 spiro atoms. The molecule has 3 nitrogen and oxygen atoms in total. The third-order valence-electron chi connectivity index (χ3n) is 4.05. The van der Waals surface area contributed by atoms with Gasteiger partial charge in [0, 0.05) is 12.6 Å². The van der Waals surface area contributed by atoms with Gasteiger partial charge in [-0.25, -0.2) is 0 Å². The number of halogens is 1. The first-order valence-electron chi connectivity index (χ1n) is 6.27. The van der Waals surface area contributed by atoms with Gasteiger partial charge in [0.1, 0.15) is 0 Å². The molecule has 3 saturated heterocycles. The number of nitrogens with zero attached hydrogens (tertiary/aromatic N) is 1. The lowest BCUT2D eigenvalue weighted by atomic mass is 9.84. The molecule has 1 atom stereocenters. The second-order valence-electron chi connectivity index (χ2n) is 5.09. The molecule has 4 heteroatoms. The number of benzene rings is 1. The number of para-hydroxylation sites is 1. The van der Waals surface area contributed by atoms with Crippen molar-refractivity contribution >= 4 is 23.0 Å². The summed E-state index contributed by atoms with van der Waals surface area (Å²) in [7, 11) is 0. The van der Waals surface area contributed by atoms with Crippen LogP contribution in [0.3, 0.4) is 0 Å². The molecule has 3 N–H and O–H groups in total. The van der Waals surface area contributed by atoms with E-state index in [1.165, 1.54) is 25.9 Å². The summed E-state index contributed by atoms with van der Waals surface area (Å²) in [6.07, 6.45) is 2.61. The van der Waals surface area contributed by atoms with E-state index >= 15 is 0 Å². The van der Waals surface area contributed by atoms with Crippen molar-refractivity contribution in [2.75, 3.05) is 30.7 Å². The molecule has 2 bridgehead atoms. The van der Waals surface area contributed by atoms with Crippen LogP contribution in [0.4, 0.5) is 11.4 Å². The first-order chi connectivity index (χ1) is 8.24. The predicted octanol–water partition coefficient (Wildman–Crippen LogP) is 2.43. The van der Waals surface area contributed by atoms with Crippen LogP contribution in [0.1, 0.15) is 12.8 Å². The van der Waals surface area contributed by atoms with E-state index < -0.39 is 0 Å². The smallest absolute Gasteiger partial charge is 0.0739 e. The minimum absolute atomic E-state index is 0.526. The number of nitrogen functional groups attached to an aromatic ring is 1. The van der Waals surface area contributed by atoms with Crippen LogP contribution in [0.15, 0.2) is 18.2 Å². The zero-order chi connectivity index (χ0) is 11.8. The van der Waals surface area contributed by atoms with Crippen molar-refractivity contribution in [3.8, 4) is 0 Å². The maximum atomic E-state index is 6.04. The van der Waals surface area contributed by atoms with E-state index in [2.05, 4.69) is 10.2 Å². The molecule has 0 aromatic heterocycles. The maximum absolute atomic E-state index is 6.04. The van der Waals surface area contributed by atoms with Crippen molar-refractivity contribution in [2.45, 2.75) is 18.9 Å². The second-order valence-corrected chi connectivity index (χ2v) is 5.50. The number of piperidine rings is 3. The first-order valence-corrected chi connectivity index (χ1v) is 6.65. The molecule has 1 unspecified atom stereocenters. The van der Waals surface area contributed by atoms with Crippen molar-refractivity contribution in [1.82, 2.24) is 4.90 Å². The van der Waals surface area contributed by atoms with Crippen molar-refractivity contribution in [3.63, 3.8) is 0 Å². The number of fused-ring (bicyclic) bond motifs is 3. The lowest BCUT2D eigenvalue weighted by Gasteiger charge is -2.45. The Hall–Kier alpha value is -0.930. The molecule has 3 aliphatic rings. The minimum Gasteiger partial charge on any atom is -0.396 e. The molecule has 3 heterocycles. The molecule has 3 aliphatic heterocycles. The second kappa shape index (κ2) is 4.39. The monoisotopic (exact) mass is 251 g/mol. The third kappa shape index (κ3) is 2.09. The summed E-state index contributed by atoms with van der Waals surface area (Å²) in [6.45, 7) is 3.65. The standard InChI is InChI=1S/C13H18ClN3/c14-10-2-1-3-11(13(10)15)16-12-8-17-6-4-9(12)5-7-17/h1-3,9,12,16H,4-8,15H2. The average Bonchev–Trinajstić information content (AvgIpc) is 2.36. The van der Waals surface area contributed by atoms with Gasteiger partial charge in [0.2, 0.25) is 0 Å². The Morgan fingerprint density at radius 3 is 2.71 bits per heavy atom. The lowest BCUT2D eigenvalue weighted by Crippen LogP contribution is -2.53. The normalized spacial score (nSPS) is 31.5. The Kier molecular flexibility index (Phi) is 2.89. The van der Waals surface area contributed by atoms with Crippen LogP contribution >= 0.6 is 11.6 Å². The summed E-state index contributed by atoms with van der Waals surface area (Å²) in [5, 5.41) is 4.21. The molecule has 17 heavy (non-hydrogen) atoms. The quantitative estimate of drug-likeness (QED) is 0.794. The van der Waals surface area contributed by atoms with E-state index in [4.69, 9.17) is 17.3 Å². The van der Waals surface area contributed by atoms with E-state index in [-0.39, 0.29) is 0 Å². The van der Waals surface area contributed by atoms with E-state index in [1.807, 2.05) is 18.2 Å². The van der Waals surface area contributed by atoms with E-state index in [1.54, 1.807) is 0 Å². The molecule has 0 amide bonds. The molecule has 4 rings (SSSR count). The van der Waals surface area contributed by atoms with Crippen LogP contribution in [0.5, 0.6) is 0 Å². The third-order valence-corrected chi connectivity index (χ3v) is 4.38. The van der Waals surface area contributed by atoms with Crippen LogP contribution in [0, 0.1) is 5.92 Å². The van der Waals surface area contributed by atoms with Crippen molar-refractivity contribution in [2.24, 2.45) is 5.92 Å². The number of hydrogen-bond acceptors (Lipinski definition) is 3. The van der Waals surface area contributed by atoms with Crippen molar-refractivity contribution < 1.29 is 0 Å². The Bertz CT molecular complexity index is 413. The molecule has 0 aliphatic carbocycles. The zero-order valence-corrected chi connectivity index (χ0v) is 10.6. The van der Waals surface area contributed by atoms with E-state index in [0.29, 0.717) is 16.8 Å². The van der Waals surface area contributed by atoms with Gasteiger partial charge in [-0.2, -0.15) is 0 Å². The summed E-state index contributed by atoms with van der Waals surface area (Å²) in [5.74, 6) is 0.790. The van der Waals surface area contributed by atoms with Gasteiger partial charge in [-0.15, -0.1) is 0 Å². The molecule has 0 saturated carbocycles. The van der Waals surface area contributed by atoms with E-state index in [9.17, 15) is 0 Å². The number of anilines is 2. The Morgan fingerprint density at radius 1 is 1.29 bits per heavy atom. The number of hydrogen-bond donors (Lipinski definition) is 2. The highest BCUT2D eigenvalue weighted by molar-refractivity contribution is 6.33. The summed E-state index contributed by atoms with van der Waals surface area (Å²) in [5.41, 5.74) is 7.64. The van der Waals surface area contributed by atoms with Crippen LogP contribution in [-0.4, -0.2) is 30.6 Å². The molecule has 1 aromatic carbocycles. The Labute approximate surface area is 107 Å². The summed E-state index contributed by atoms with van der Waals surface area (Å²) >= 11 is 6.04. The highest BCUT2D eigenvalue weighted by Crippen LogP contribution is 2.33. The molecule has 3 fully saturated rings. The summed E-state index contributed by atoms with van der Waals surface area (Å²) in [6, 6.07) is 6.32. The van der Waals surface area contributed by atoms with Crippen molar-refractivity contribution in [1.29, 1.82) is 0 Å². The topological polar surface area (TPSA) is 41.3 Å². The van der Waals surface area contributed by atoms with Gasteiger partial charge in [0.25, 0.3) is 0 Å². The van der Waals surface area contributed by atoms with Gasteiger partial charge in [0.05, 0.1) is 16.4 Å². The fraction of sp³-hybridized carbons (Fsp3) is 0.538. The van der Waals surface area contributed by atoms with Crippen molar-refractivity contribution in [3.05, 3.63) is 23.2 Å². The molecule has 0 radical (unpaired) electrons. The summed E-state index contributed by atoms with van der Waals surface area (Å²) < 4.78 is 0. The predicted molar refractivity (Wildman–Crippen MR) is 72.4 cm³/mol. The van der Waals surface area contributed by atoms with Gasteiger partial charge in [-0.1, -0.05) is 17.7 Å². The fourth-order valence-corrected chi connectivity index (χ4v) is 3.17. The average molecular weight is 252 g/mol. The van der Waals surface area contributed by atoms with E-state index in [0.717, 1.165) is 18.2 Å². The zero-order valence-electron chi connectivity index (χ0n) is 9.82. The van der Waals surface area contributed by atoms with Gasteiger partial charge >= 0.3 is 0 Å². The molecular weight excluding hydrogens is 234 g/mol. The maximum Gasteiger partial charge on any atom is 0.0739 e.